The number of ether oxygens (including phenoxy) is 1. The molecular formula is C19H16B2NO. The van der Waals surface area contributed by atoms with Crippen molar-refractivity contribution in [2.75, 3.05) is 0 Å². The van der Waals surface area contributed by atoms with Crippen molar-refractivity contribution in [3.05, 3.63) is 78.6 Å². The van der Waals surface area contributed by atoms with E-state index in [4.69, 9.17) is 12.7 Å². The Morgan fingerprint density at radius 3 is 2.65 bits per heavy atom. The van der Waals surface area contributed by atoms with E-state index in [-0.39, 0.29) is 0 Å². The SMILES string of the molecule is [B]N[B]c1cccc2c1C(/C=C\C)=C(C=C)Oc1ccccc1-2. The van der Waals surface area contributed by atoms with Crippen molar-refractivity contribution in [2.24, 2.45) is 0 Å². The number of benzene rings is 2. The number of rotatable bonds is 4. The molecule has 0 amide bonds. The van der Waals surface area contributed by atoms with Crippen LogP contribution in [0.5, 0.6) is 5.75 Å². The first-order chi connectivity index (χ1) is 11.3. The van der Waals surface area contributed by atoms with Gasteiger partial charge in [0, 0.05) is 11.1 Å². The fourth-order valence-corrected chi connectivity index (χ4v) is 2.86. The van der Waals surface area contributed by atoms with Crippen LogP contribution in [-0.2, 0) is 0 Å². The van der Waals surface area contributed by atoms with Gasteiger partial charge in [0.25, 0.3) is 0 Å². The summed E-state index contributed by atoms with van der Waals surface area (Å²) >= 11 is 0. The van der Waals surface area contributed by atoms with Crippen molar-refractivity contribution < 1.29 is 4.74 Å². The van der Waals surface area contributed by atoms with Gasteiger partial charge in [-0.1, -0.05) is 60.6 Å². The lowest BCUT2D eigenvalue weighted by molar-refractivity contribution is 0.450. The number of fused-ring (bicyclic) bond motifs is 3. The van der Waals surface area contributed by atoms with E-state index in [1.54, 1.807) is 13.5 Å². The molecule has 2 aromatic carbocycles. The van der Waals surface area contributed by atoms with Gasteiger partial charge in [-0.05, 0) is 30.2 Å². The minimum atomic E-state index is 0.729. The first kappa shape index (κ1) is 15.4. The Morgan fingerprint density at radius 2 is 1.91 bits per heavy atom. The second-order valence-electron chi connectivity index (χ2n) is 5.16. The summed E-state index contributed by atoms with van der Waals surface area (Å²) in [7, 11) is 7.31. The van der Waals surface area contributed by atoms with E-state index in [0.717, 1.165) is 39.2 Å². The number of allylic oxidation sites excluding steroid dienone is 4. The fraction of sp³-hybridized carbons (Fsp3) is 0.0526. The Kier molecular flexibility index (Phi) is 4.54. The maximum atomic E-state index is 6.13. The Morgan fingerprint density at radius 1 is 1.13 bits per heavy atom. The molecule has 1 heterocycles. The second kappa shape index (κ2) is 6.76. The highest BCUT2D eigenvalue weighted by molar-refractivity contribution is 6.57. The van der Waals surface area contributed by atoms with Crippen LogP contribution >= 0.6 is 0 Å². The molecule has 0 aromatic heterocycles. The summed E-state index contributed by atoms with van der Waals surface area (Å²) in [5, 5.41) is 2.64. The van der Waals surface area contributed by atoms with E-state index >= 15 is 0 Å². The molecule has 0 spiro atoms. The third-order valence-electron chi connectivity index (χ3n) is 3.79. The molecule has 0 aliphatic carbocycles. The van der Waals surface area contributed by atoms with Crippen LogP contribution in [0.15, 0.2) is 73.0 Å². The monoisotopic (exact) mass is 296 g/mol. The van der Waals surface area contributed by atoms with Gasteiger partial charge in [0.15, 0.2) is 7.98 Å². The van der Waals surface area contributed by atoms with Crippen LogP contribution in [0.3, 0.4) is 0 Å². The van der Waals surface area contributed by atoms with Crippen molar-refractivity contribution in [3.8, 4) is 16.9 Å². The number of hydrogen-bond acceptors (Lipinski definition) is 2. The molecule has 0 saturated heterocycles. The fourth-order valence-electron chi connectivity index (χ4n) is 2.86. The molecule has 4 heteroatoms. The summed E-state index contributed by atoms with van der Waals surface area (Å²) in [5.74, 6) is 1.55. The van der Waals surface area contributed by atoms with Gasteiger partial charge in [0.2, 0.25) is 7.41 Å². The predicted molar refractivity (Wildman–Crippen MR) is 98.7 cm³/mol. The average molecular weight is 296 g/mol. The predicted octanol–water partition coefficient (Wildman–Crippen LogP) is 3.14. The molecule has 3 rings (SSSR count). The van der Waals surface area contributed by atoms with Crippen LogP contribution in [0, 0.1) is 0 Å². The summed E-state index contributed by atoms with van der Waals surface area (Å²) in [6.45, 7) is 5.90. The molecule has 109 valence electrons. The zero-order valence-electron chi connectivity index (χ0n) is 13.0. The topological polar surface area (TPSA) is 21.3 Å². The van der Waals surface area contributed by atoms with Crippen LogP contribution in [0.2, 0.25) is 0 Å². The highest BCUT2D eigenvalue weighted by Gasteiger charge is 2.22. The average Bonchev–Trinajstić information content (AvgIpc) is 2.71. The molecule has 0 unspecified atom stereocenters. The van der Waals surface area contributed by atoms with E-state index < -0.39 is 0 Å². The van der Waals surface area contributed by atoms with Crippen LogP contribution in [0.4, 0.5) is 0 Å². The van der Waals surface area contributed by atoms with Gasteiger partial charge in [-0.25, -0.2) is 0 Å². The zero-order valence-corrected chi connectivity index (χ0v) is 13.0. The lowest BCUT2D eigenvalue weighted by Gasteiger charge is -2.14. The van der Waals surface area contributed by atoms with Gasteiger partial charge >= 0.3 is 0 Å². The first-order valence-electron chi connectivity index (χ1n) is 7.49. The third kappa shape index (κ3) is 2.78. The number of nitrogens with one attached hydrogen (secondary N) is 1. The van der Waals surface area contributed by atoms with Gasteiger partial charge in [-0.2, -0.15) is 0 Å². The molecule has 1 N–H and O–H groups in total. The van der Waals surface area contributed by atoms with Gasteiger partial charge in [-0.3, -0.25) is 0 Å². The summed E-state index contributed by atoms with van der Waals surface area (Å²) < 4.78 is 6.13. The normalized spacial score (nSPS) is 13.1. The first-order valence-corrected chi connectivity index (χ1v) is 7.49. The lowest BCUT2D eigenvalue weighted by Crippen LogP contribution is -2.31. The molecule has 3 radical (unpaired) electrons. The summed E-state index contributed by atoms with van der Waals surface area (Å²) in [6.07, 6.45) is 5.78. The van der Waals surface area contributed by atoms with Crippen LogP contribution in [-0.4, -0.2) is 15.4 Å². The highest BCUT2D eigenvalue weighted by atomic mass is 16.5. The quantitative estimate of drug-likeness (QED) is 0.875. The molecule has 1 aliphatic rings. The van der Waals surface area contributed by atoms with E-state index in [0.29, 0.717) is 0 Å². The standard InChI is InChI=1S/C19H16B2NO/c1-3-8-15-17(4-2)23-18-12-6-5-9-13(18)14-10-7-11-16(19(14)15)21-22-20/h3-12,22H,2H2,1H3/b8-3-. The number of para-hydroxylation sites is 1. The smallest absolute Gasteiger partial charge is 0.232 e. The molecule has 1 aliphatic heterocycles. The van der Waals surface area contributed by atoms with Gasteiger partial charge in [-0.15, -0.1) is 0 Å². The van der Waals surface area contributed by atoms with Gasteiger partial charge in [0.05, 0.1) is 0 Å². The summed E-state index contributed by atoms with van der Waals surface area (Å²) in [5.41, 5.74) is 5.21. The van der Waals surface area contributed by atoms with Crippen molar-refractivity contribution in [3.63, 3.8) is 0 Å². The van der Waals surface area contributed by atoms with Crippen LogP contribution in [0.25, 0.3) is 16.7 Å². The van der Waals surface area contributed by atoms with Crippen LogP contribution in [0.1, 0.15) is 12.5 Å². The largest absolute Gasteiger partial charge is 0.456 e. The maximum absolute atomic E-state index is 6.13. The molecule has 0 bridgehead atoms. The van der Waals surface area contributed by atoms with Crippen LogP contribution < -0.4 is 15.3 Å². The molecule has 23 heavy (non-hydrogen) atoms. The van der Waals surface area contributed by atoms with E-state index in [9.17, 15) is 0 Å². The Bertz CT molecular complexity index is 809. The Hall–Kier alpha value is -2.45. The van der Waals surface area contributed by atoms with Crippen molar-refractivity contribution >= 4 is 26.4 Å². The molecule has 2 nitrogen and oxygen atoms in total. The minimum Gasteiger partial charge on any atom is -0.456 e. The Balaban J connectivity index is 2.40. The highest BCUT2D eigenvalue weighted by Crippen LogP contribution is 2.40. The van der Waals surface area contributed by atoms with Crippen molar-refractivity contribution in [2.45, 2.75) is 6.92 Å². The lowest BCUT2D eigenvalue weighted by atomic mass is 9.73. The van der Waals surface area contributed by atoms with Crippen molar-refractivity contribution in [1.82, 2.24) is 5.14 Å². The Labute approximate surface area is 139 Å². The zero-order chi connectivity index (χ0) is 16.2. The maximum Gasteiger partial charge on any atom is 0.232 e. The number of hydrogen-bond donors (Lipinski definition) is 1. The second-order valence-corrected chi connectivity index (χ2v) is 5.16. The molecular weight excluding hydrogens is 280 g/mol. The van der Waals surface area contributed by atoms with E-state index in [2.05, 4.69) is 23.9 Å². The van der Waals surface area contributed by atoms with Crippen molar-refractivity contribution in [1.29, 1.82) is 0 Å². The summed E-state index contributed by atoms with van der Waals surface area (Å²) in [6, 6.07) is 14.2. The molecule has 0 atom stereocenters. The van der Waals surface area contributed by atoms with Gasteiger partial charge in [0.1, 0.15) is 11.5 Å². The summed E-state index contributed by atoms with van der Waals surface area (Å²) in [4.78, 5) is 0. The minimum absolute atomic E-state index is 0.729. The van der Waals surface area contributed by atoms with Gasteiger partial charge < -0.3 is 9.88 Å². The molecule has 2 aromatic rings. The van der Waals surface area contributed by atoms with E-state index in [1.807, 2.05) is 49.4 Å². The molecule has 0 saturated carbocycles. The van der Waals surface area contributed by atoms with E-state index in [1.165, 1.54) is 0 Å². The third-order valence-corrected chi connectivity index (χ3v) is 3.79. The molecule has 0 fully saturated rings.